The van der Waals surface area contributed by atoms with Crippen molar-refractivity contribution in [1.29, 1.82) is 0 Å². The molecule has 1 fully saturated rings. The van der Waals surface area contributed by atoms with E-state index < -0.39 is 17.8 Å². The van der Waals surface area contributed by atoms with Gasteiger partial charge in [0.1, 0.15) is 17.8 Å². The summed E-state index contributed by atoms with van der Waals surface area (Å²) in [5.41, 5.74) is 0.310. The van der Waals surface area contributed by atoms with Crippen molar-refractivity contribution in [3.05, 3.63) is 35.4 Å². The molecule has 1 aromatic carbocycles. The van der Waals surface area contributed by atoms with Crippen LogP contribution in [0.4, 0.5) is 8.78 Å². The highest BCUT2D eigenvalue weighted by atomic mass is 32.2. The van der Waals surface area contributed by atoms with Gasteiger partial charge in [-0.25, -0.2) is 8.78 Å². The van der Waals surface area contributed by atoms with Gasteiger partial charge in [-0.15, -0.1) is 0 Å². The van der Waals surface area contributed by atoms with Gasteiger partial charge in [-0.3, -0.25) is 10.1 Å². The summed E-state index contributed by atoms with van der Waals surface area (Å²) in [4.78, 5) is 14.0. The van der Waals surface area contributed by atoms with Crippen LogP contribution in [-0.2, 0) is 4.79 Å². The lowest BCUT2D eigenvalue weighted by Gasteiger charge is -2.30. The molecule has 0 spiro atoms. The highest BCUT2D eigenvalue weighted by Gasteiger charge is 2.40. The van der Waals surface area contributed by atoms with E-state index in [9.17, 15) is 13.6 Å². The summed E-state index contributed by atoms with van der Waals surface area (Å²) in [6, 6.07) is 3.11. The third-order valence-corrected chi connectivity index (χ3v) is 4.43. The monoisotopic (exact) mass is 314 g/mol. The van der Waals surface area contributed by atoms with E-state index in [0.29, 0.717) is 5.56 Å². The first kappa shape index (κ1) is 16.2. The molecule has 1 heterocycles. The molecule has 3 atom stereocenters. The van der Waals surface area contributed by atoms with Gasteiger partial charge in [-0.2, -0.15) is 11.8 Å². The Morgan fingerprint density at radius 1 is 1.43 bits per heavy atom. The first-order valence-electron chi connectivity index (χ1n) is 6.97. The standard InChI is InChI=1S/C15H20F2N2OS/c1-9(6-7-21-3)19-14(18-10(2)15(19)20)12-5-4-11(16)8-13(12)17/h4-5,8-10,14,18H,6-7H2,1-3H3. The Morgan fingerprint density at radius 3 is 2.76 bits per heavy atom. The average molecular weight is 314 g/mol. The number of thioether (sulfide) groups is 1. The second-order valence-corrected chi connectivity index (χ2v) is 6.32. The van der Waals surface area contributed by atoms with Crippen LogP contribution in [0.2, 0.25) is 0 Å². The Balaban J connectivity index is 2.29. The van der Waals surface area contributed by atoms with Crippen LogP contribution in [0.3, 0.4) is 0 Å². The van der Waals surface area contributed by atoms with Crippen LogP contribution in [0.1, 0.15) is 32.0 Å². The quantitative estimate of drug-likeness (QED) is 0.907. The summed E-state index contributed by atoms with van der Waals surface area (Å²) < 4.78 is 27.1. The summed E-state index contributed by atoms with van der Waals surface area (Å²) in [6.45, 7) is 3.72. The van der Waals surface area contributed by atoms with E-state index in [2.05, 4.69) is 5.32 Å². The number of nitrogens with one attached hydrogen (secondary N) is 1. The van der Waals surface area contributed by atoms with Crippen LogP contribution < -0.4 is 5.32 Å². The van der Waals surface area contributed by atoms with E-state index in [1.54, 1.807) is 23.6 Å². The van der Waals surface area contributed by atoms with Crippen molar-refractivity contribution >= 4 is 17.7 Å². The van der Waals surface area contributed by atoms with E-state index in [-0.39, 0.29) is 18.0 Å². The number of hydrogen-bond donors (Lipinski definition) is 1. The van der Waals surface area contributed by atoms with Crippen molar-refractivity contribution in [1.82, 2.24) is 10.2 Å². The summed E-state index contributed by atoms with van der Waals surface area (Å²) in [5, 5.41) is 3.09. The fourth-order valence-corrected chi connectivity index (χ4v) is 3.18. The Labute approximate surface area is 128 Å². The summed E-state index contributed by atoms with van der Waals surface area (Å²) in [7, 11) is 0. The molecule has 1 aromatic rings. The first-order valence-corrected chi connectivity index (χ1v) is 8.37. The van der Waals surface area contributed by atoms with Gasteiger partial charge in [0, 0.05) is 17.7 Å². The molecule has 0 bridgehead atoms. The highest BCUT2D eigenvalue weighted by Crippen LogP contribution is 2.30. The molecule has 1 saturated heterocycles. The molecule has 1 N–H and O–H groups in total. The molecule has 116 valence electrons. The Hall–Kier alpha value is -1.14. The van der Waals surface area contributed by atoms with Gasteiger partial charge in [-0.05, 0) is 44.4 Å². The predicted octanol–water partition coefficient (Wildman–Crippen LogP) is 2.93. The maximum absolute atomic E-state index is 14.0. The lowest BCUT2D eigenvalue weighted by molar-refractivity contribution is -0.131. The molecule has 0 radical (unpaired) electrons. The number of rotatable bonds is 5. The van der Waals surface area contributed by atoms with Crippen molar-refractivity contribution < 1.29 is 13.6 Å². The lowest BCUT2D eigenvalue weighted by atomic mass is 10.1. The number of carbonyl (C=O) groups excluding carboxylic acids is 1. The van der Waals surface area contributed by atoms with Crippen LogP contribution >= 0.6 is 11.8 Å². The zero-order valence-corrected chi connectivity index (χ0v) is 13.2. The van der Waals surface area contributed by atoms with Crippen LogP contribution in [0, 0.1) is 11.6 Å². The molecule has 1 aliphatic heterocycles. The number of nitrogens with zero attached hydrogens (tertiary/aromatic N) is 1. The van der Waals surface area contributed by atoms with Crippen molar-refractivity contribution in [2.24, 2.45) is 0 Å². The zero-order chi connectivity index (χ0) is 15.6. The van der Waals surface area contributed by atoms with E-state index >= 15 is 0 Å². The first-order chi connectivity index (χ1) is 9.95. The number of benzene rings is 1. The number of hydrogen-bond acceptors (Lipinski definition) is 3. The van der Waals surface area contributed by atoms with E-state index in [4.69, 9.17) is 0 Å². The third kappa shape index (κ3) is 3.37. The van der Waals surface area contributed by atoms with Crippen molar-refractivity contribution in [2.45, 2.75) is 38.5 Å². The van der Waals surface area contributed by atoms with E-state index in [1.807, 2.05) is 13.2 Å². The van der Waals surface area contributed by atoms with Gasteiger partial charge >= 0.3 is 0 Å². The molecule has 2 rings (SSSR count). The second kappa shape index (κ2) is 6.75. The minimum absolute atomic E-state index is 0.00291. The smallest absolute Gasteiger partial charge is 0.241 e. The average Bonchev–Trinajstić information content (AvgIpc) is 2.72. The molecule has 6 heteroatoms. The largest absolute Gasteiger partial charge is 0.319 e. The van der Waals surface area contributed by atoms with Gasteiger partial charge < -0.3 is 4.90 Å². The molecule has 1 amide bonds. The molecule has 3 unspecified atom stereocenters. The van der Waals surface area contributed by atoms with Gasteiger partial charge in [0.2, 0.25) is 5.91 Å². The van der Waals surface area contributed by atoms with Crippen molar-refractivity contribution in [3.63, 3.8) is 0 Å². The van der Waals surface area contributed by atoms with Crippen molar-refractivity contribution in [2.75, 3.05) is 12.0 Å². The fraction of sp³-hybridized carbons (Fsp3) is 0.533. The highest BCUT2D eigenvalue weighted by molar-refractivity contribution is 7.98. The number of halogens is 2. The Bertz CT molecular complexity index is 526. The lowest BCUT2D eigenvalue weighted by Crippen LogP contribution is -2.39. The van der Waals surface area contributed by atoms with E-state index in [1.165, 1.54) is 12.1 Å². The number of carbonyl (C=O) groups is 1. The summed E-state index contributed by atoms with van der Waals surface area (Å²) in [5.74, 6) is -0.359. The second-order valence-electron chi connectivity index (χ2n) is 5.33. The van der Waals surface area contributed by atoms with Crippen LogP contribution in [0.5, 0.6) is 0 Å². The van der Waals surface area contributed by atoms with Crippen LogP contribution in [0.25, 0.3) is 0 Å². The molecule has 21 heavy (non-hydrogen) atoms. The molecular weight excluding hydrogens is 294 g/mol. The van der Waals surface area contributed by atoms with E-state index in [0.717, 1.165) is 18.2 Å². The van der Waals surface area contributed by atoms with Gasteiger partial charge in [0.25, 0.3) is 0 Å². The minimum atomic E-state index is -0.628. The maximum atomic E-state index is 14.0. The predicted molar refractivity (Wildman–Crippen MR) is 81.0 cm³/mol. The fourth-order valence-electron chi connectivity index (χ4n) is 2.60. The SMILES string of the molecule is CSCCC(C)N1C(=O)C(C)NC1c1ccc(F)cc1F. The zero-order valence-electron chi connectivity index (χ0n) is 12.4. The van der Waals surface area contributed by atoms with Crippen LogP contribution in [0.15, 0.2) is 18.2 Å². The maximum Gasteiger partial charge on any atom is 0.241 e. The molecule has 3 nitrogen and oxygen atoms in total. The molecule has 0 aliphatic carbocycles. The topological polar surface area (TPSA) is 32.3 Å². The summed E-state index contributed by atoms with van der Waals surface area (Å²) >= 11 is 1.71. The molecular formula is C15H20F2N2OS. The Kier molecular flexibility index (Phi) is 5.22. The molecule has 0 saturated carbocycles. The Morgan fingerprint density at radius 2 is 2.14 bits per heavy atom. The summed E-state index contributed by atoms with van der Waals surface area (Å²) in [6.07, 6.45) is 2.31. The van der Waals surface area contributed by atoms with Crippen molar-refractivity contribution in [3.8, 4) is 0 Å². The van der Waals surface area contributed by atoms with Gasteiger partial charge in [0.15, 0.2) is 0 Å². The molecule has 1 aliphatic rings. The molecule has 0 aromatic heterocycles. The van der Waals surface area contributed by atoms with Gasteiger partial charge in [0.05, 0.1) is 6.04 Å². The third-order valence-electron chi connectivity index (χ3n) is 3.78. The minimum Gasteiger partial charge on any atom is -0.319 e. The normalized spacial score (nSPS) is 23.7. The number of amides is 1. The van der Waals surface area contributed by atoms with Gasteiger partial charge in [-0.1, -0.05) is 0 Å². The van der Waals surface area contributed by atoms with Crippen LogP contribution in [-0.4, -0.2) is 34.9 Å².